The molecule has 154 valence electrons. The number of methoxy groups -OCH3 is 1. The smallest absolute Gasteiger partial charge is 0.225 e. The molecular weight excluding hydrogens is 462 g/mol. The number of amides is 1. The lowest BCUT2D eigenvalue weighted by atomic mass is 9.96. The maximum Gasteiger partial charge on any atom is 0.225 e. The predicted molar refractivity (Wildman–Crippen MR) is 118 cm³/mol. The van der Waals surface area contributed by atoms with E-state index in [0.29, 0.717) is 25.6 Å². The molecule has 0 saturated carbocycles. The fourth-order valence-electron chi connectivity index (χ4n) is 2.16. The van der Waals surface area contributed by atoms with Gasteiger partial charge in [0.2, 0.25) is 5.91 Å². The fraction of sp³-hybridized carbons (Fsp3) is 0.579. The Morgan fingerprint density at radius 1 is 1.30 bits per heavy atom. The maximum atomic E-state index is 13.9. The number of rotatable bonds is 7. The molecule has 3 N–H and O–H groups in total. The summed E-state index contributed by atoms with van der Waals surface area (Å²) >= 11 is 0. The van der Waals surface area contributed by atoms with Crippen molar-refractivity contribution >= 4 is 35.8 Å². The van der Waals surface area contributed by atoms with Crippen LogP contribution in [0.15, 0.2) is 23.2 Å². The number of ether oxygens (including phenoxy) is 1. The van der Waals surface area contributed by atoms with Crippen LogP contribution >= 0.6 is 24.0 Å². The van der Waals surface area contributed by atoms with Gasteiger partial charge in [-0.25, -0.2) is 4.39 Å². The highest BCUT2D eigenvalue weighted by molar-refractivity contribution is 14.0. The molecule has 0 spiro atoms. The molecule has 1 atom stereocenters. The van der Waals surface area contributed by atoms with Crippen LogP contribution in [0.1, 0.15) is 46.2 Å². The van der Waals surface area contributed by atoms with Gasteiger partial charge in [0.15, 0.2) is 17.5 Å². The molecule has 1 aromatic carbocycles. The van der Waals surface area contributed by atoms with Crippen LogP contribution in [0.4, 0.5) is 4.39 Å². The van der Waals surface area contributed by atoms with Crippen LogP contribution in [0, 0.1) is 11.2 Å². The zero-order chi connectivity index (χ0) is 19.7. The van der Waals surface area contributed by atoms with Crippen LogP contribution in [0.2, 0.25) is 0 Å². The Kier molecular flexibility index (Phi) is 11.3. The number of nitrogens with zero attached hydrogens (tertiary/aromatic N) is 1. The molecule has 0 heterocycles. The monoisotopic (exact) mass is 494 g/mol. The lowest BCUT2D eigenvalue weighted by Crippen LogP contribution is -2.40. The zero-order valence-corrected chi connectivity index (χ0v) is 19.3. The van der Waals surface area contributed by atoms with Crippen molar-refractivity contribution < 1.29 is 13.9 Å². The molecule has 1 unspecified atom stereocenters. The highest BCUT2D eigenvalue weighted by Crippen LogP contribution is 2.21. The summed E-state index contributed by atoms with van der Waals surface area (Å²) in [6.07, 6.45) is 0. The second-order valence-corrected chi connectivity index (χ2v) is 7.03. The van der Waals surface area contributed by atoms with E-state index < -0.39 is 11.2 Å². The summed E-state index contributed by atoms with van der Waals surface area (Å²) in [7, 11) is 1.44. The molecule has 1 amide bonds. The van der Waals surface area contributed by atoms with Crippen LogP contribution in [0.3, 0.4) is 0 Å². The number of carbonyl (C=O) groups excluding carboxylic acids is 1. The Morgan fingerprint density at radius 3 is 2.48 bits per heavy atom. The Hall–Kier alpha value is -1.58. The molecule has 27 heavy (non-hydrogen) atoms. The highest BCUT2D eigenvalue weighted by atomic mass is 127. The van der Waals surface area contributed by atoms with Crippen LogP contribution in [-0.2, 0) is 4.79 Å². The van der Waals surface area contributed by atoms with E-state index in [0.717, 1.165) is 5.56 Å². The standard InChI is InChI=1S/C19H31FN4O2.HI/c1-7-21-18(23-11-10-22-17(25)19(3,4)5)24-13(2)14-8-9-16(26-6)15(20)12-14;/h8-9,12-13H,7,10-11H2,1-6H3,(H,22,25)(H2,21,23,24);1H. The largest absolute Gasteiger partial charge is 0.494 e. The molecule has 1 aromatic rings. The van der Waals surface area contributed by atoms with Crippen LogP contribution in [0.25, 0.3) is 0 Å². The van der Waals surface area contributed by atoms with Crippen molar-refractivity contribution in [3.8, 4) is 5.75 Å². The fourth-order valence-corrected chi connectivity index (χ4v) is 2.16. The van der Waals surface area contributed by atoms with E-state index >= 15 is 0 Å². The average Bonchev–Trinajstić information content (AvgIpc) is 2.57. The van der Waals surface area contributed by atoms with Crippen molar-refractivity contribution in [1.29, 1.82) is 0 Å². The maximum absolute atomic E-state index is 13.9. The normalized spacial score (nSPS) is 12.6. The third kappa shape index (κ3) is 8.77. The summed E-state index contributed by atoms with van der Waals surface area (Å²) in [6.45, 7) is 11.1. The van der Waals surface area contributed by atoms with Gasteiger partial charge in [-0.2, -0.15) is 0 Å². The first-order chi connectivity index (χ1) is 12.2. The molecule has 0 aromatic heterocycles. The second kappa shape index (κ2) is 12.0. The molecule has 0 fully saturated rings. The van der Waals surface area contributed by atoms with Gasteiger partial charge in [0, 0.05) is 18.5 Å². The first-order valence-electron chi connectivity index (χ1n) is 8.85. The summed E-state index contributed by atoms with van der Waals surface area (Å²) in [4.78, 5) is 16.3. The number of hydrogen-bond donors (Lipinski definition) is 3. The average molecular weight is 494 g/mol. The third-order valence-corrected chi connectivity index (χ3v) is 3.72. The molecule has 6 nitrogen and oxygen atoms in total. The van der Waals surface area contributed by atoms with Crippen LogP contribution in [0.5, 0.6) is 5.75 Å². The number of halogens is 2. The van der Waals surface area contributed by atoms with Gasteiger partial charge >= 0.3 is 0 Å². The topological polar surface area (TPSA) is 74.8 Å². The van der Waals surface area contributed by atoms with E-state index in [1.165, 1.54) is 13.2 Å². The predicted octanol–water partition coefficient (Wildman–Crippen LogP) is 3.23. The van der Waals surface area contributed by atoms with E-state index in [4.69, 9.17) is 4.74 Å². The zero-order valence-electron chi connectivity index (χ0n) is 17.0. The quantitative estimate of drug-likeness (QED) is 0.236. The Labute approximate surface area is 178 Å². The summed E-state index contributed by atoms with van der Waals surface area (Å²) in [5.74, 6) is 0.426. The molecular formula is C19H32FIN4O2. The second-order valence-electron chi connectivity index (χ2n) is 7.03. The van der Waals surface area contributed by atoms with Crippen molar-refractivity contribution in [1.82, 2.24) is 16.0 Å². The van der Waals surface area contributed by atoms with Crippen molar-refractivity contribution in [3.63, 3.8) is 0 Å². The van der Waals surface area contributed by atoms with Gasteiger partial charge < -0.3 is 20.7 Å². The summed E-state index contributed by atoms with van der Waals surface area (Å²) in [5.41, 5.74) is 0.370. The lowest BCUT2D eigenvalue weighted by Gasteiger charge is -2.19. The number of aliphatic imine (C=N–C) groups is 1. The van der Waals surface area contributed by atoms with Gasteiger partial charge in [-0.15, -0.1) is 24.0 Å². The van der Waals surface area contributed by atoms with E-state index in [9.17, 15) is 9.18 Å². The van der Waals surface area contributed by atoms with Gasteiger partial charge in [0.25, 0.3) is 0 Å². The first-order valence-corrected chi connectivity index (χ1v) is 8.85. The van der Waals surface area contributed by atoms with Gasteiger partial charge in [-0.1, -0.05) is 26.8 Å². The van der Waals surface area contributed by atoms with Gasteiger partial charge in [0.1, 0.15) is 0 Å². The first kappa shape index (κ1) is 25.4. The third-order valence-electron chi connectivity index (χ3n) is 3.72. The van der Waals surface area contributed by atoms with Gasteiger partial charge in [-0.3, -0.25) is 9.79 Å². The highest BCUT2D eigenvalue weighted by Gasteiger charge is 2.20. The number of guanidine groups is 1. The summed E-state index contributed by atoms with van der Waals surface area (Å²) in [5, 5.41) is 9.24. The van der Waals surface area contributed by atoms with Crippen molar-refractivity contribution in [2.75, 3.05) is 26.7 Å². The lowest BCUT2D eigenvalue weighted by molar-refractivity contribution is -0.128. The molecule has 1 rings (SSSR count). The minimum Gasteiger partial charge on any atom is -0.494 e. The number of nitrogens with one attached hydrogen (secondary N) is 3. The Bertz CT molecular complexity index is 633. The van der Waals surface area contributed by atoms with E-state index in [2.05, 4.69) is 20.9 Å². The molecule has 0 saturated heterocycles. The Balaban J connectivity index is 0.00000676. The number of hydrogen-bond acceptors (Lipinski definition) is 3. The number of carbonyl (C=O) groups is 1. The Morgan fingerprint density at radius 2 is 1.96 bits per heavy atom. The molecule has 0 bridgehead atoms. The van der Waals surface area contributed by atoms with Crippen LogP contribution < -0.4 is 20.7 Å². The number of benzene rings is 1. The van der Waals surface area contributed by atoms with Gasteiger partial charge in [0.05, 0.1) is 19.7 Å². The molecule has 0 radical (unpaired) electrons. The van der Waals surface area contributed by atoms with E-state index in [1.807, 2.05) is 40.7 Å². The summed E-state index contributed by atoms with van der Waals surface area (Å²) < 4.78 is 18.8. The molecule has 8 heteroatoms. The minimum absolute atomic E-state index is 0. The SMILES string of the molecule is CCNC(=NCCNC(=O)C(C)(C)C)NC(C)c1ccc(OC)c(F)c1.I. The van der Waals surface area contributed by atoms with E-state index in [1.54, 1.807) is 6.07 Å². The van der Waals surface area contributed by atoms with Crippen molar-refractivity contribution in [2.45, 2.75) is 40.7 Å². The summed E-state index contributed by atoms with van der Waals surface area (Å²) in [6, 6.07) is 4.73. The molecule has 0 aliphatic heterocycles. The van der Waals surface area contributed by atoms with E-state index in [-0.39, 0.29) is 41.7 Å². The van der Waals surface area contributed by atoms with Crippen molar-refractivity contribution in [2.24, 2.45) is 10.4 Å². The molecule has 0 aliphatic rings. The van der Waals surface area contributed by atoms with Crippen molar-refractivity contribution in [3.05, 3.63) is 29.6 Å². The minimum atomic E-state index is -0.417. The van der Waals surface area contributed by atoms with Gasteiger partial charge in [-0.05, 0) is 31.5 Å². The molecule has 0 aliphatic carbocycles. The van der Waals surface area contributed by atoms with Crippen LogP contribution in [-0.4, -0.2) is 38.6 Å².